The van der Waals surface area contributed by atoms with Crippen LogP contribution in [0.3, 0.4) is 0 Å². The van der Waals surface area contributed by atoms with Gasteiger partial charge in [-0.2, -0.15) is 0 Å². The molecule has 0 unspecified atom stereocenters. The Hall–Kier alpha value is -0.330. The van der Waals surface area contributed by atoms with Crippen LogP contribution in [0.15, 0.2) is 18.2 Å². The van der Waals surface area contributed by atoms with Crippen molar-refractivity contribution in [2.75, 3.05) is 31.7 Å². The van der Waals surface area contributed by atoms with Crippen LogP contribution < -0.4 is 0 Å². The monoisotopic (exact) mass is 348 g/mol. The number of nitrogens with zero attached hydrogens (tertiary/aromatic N) is 2. The van der Waals surface area contributed by atoms with Crippen LogP contribution in [-0.4, -0.2) is 46.6 Å². The zero-order valence-corrected chi connectivity index (χ0v) is 12.9. The van der Waals surface area contributed by atoms with Crippen LogP contribution in [-0.2, 0) is 6.54 Å². The van der Waals surface area contributed by atoms with Gasteiger partial charge < -0.3 is 10.0 Å². The highest BCUT2D eigenvalue weighted by Crippen LogP contribution is 2.19. The van der Waals surface area contributed by atoms with E-state index >= 15 is 0 Å². The first-order chi connectivity index (χ1) is 8.02. The van der Waals surface area contributed by atoms with Crippen molar-refractivity contribution in [3.63, 3.8) is 0 Å². The number of hydrogen-bond acceptors (Lipinski definition) is 3. The first-order valence-electron chi connectivity index (χ1n) is 5.74. The van der Waals surface area contributed by atoms with E-state index in [-0.39, 0.29) is 0 Å². The summed E-state index contributed by atoms with van der Waals surface area (Å²) in [5, 5.41) is 9.77. The lowest BCUT2D eigenvalue weighted by Crippen LogP contribution is -2.29. The summed E-state index contributed by atoms with van der Waals surface area (Å²) in [6.45, 7) is 4.90. The third-order valence-electron chi connectivity index (χ3n) is 2.74. The third kappa shape index (κ3) is 5.23. The SMILES string of the molecule is Cc1ccc(O)c(CN(C)CCN(C)CI)c1. The molecule has 4 heteroatoms. The predicted molar refractivity (Wildman–Crippen MR) is 80.7 cm³/mol. The first-order valence-corrected chi connectivity index (χ1v) is 7.27. The van der Waals surface area contributed by atoms with Crippen LogP contribution >= 0.6 is 22.6 Å². The average Bonchev–Trinajstić information content (AvgIpc) is 2.30. The number of benzene rings is 1. The fourth-order valence-corrected chi connectivity index (χ4v) is 1.95. The molecule has 1 rings (SSSR count). The van der Waals surface area contributed by atoms with Crippen molar-refractivity contribution in [1.29, 1.82) is 0 Å². The summed E-state index contributed by atoms with van der Waals surface area (Å²) in [6, 6.07) is 5.76. The summed E-state index contributed by atoms with van der Waals surface area (Å²) in [5.41, 5.74) is 2.19. The maximum atomic E-state index is 9.77. The number of hydrogen-bond donors (Lipinski definition) is 1. The van der Waals surface area contributed by atoms with Crippen molar-refractivity contribution in [3.8, 4) is 5.75 Å². The zero-order chi connectivity index (χ0) is 12.8. The van der Waals surface area contributed by atoms with E-state index in [4.69, 9.17) is 0 Å². The Bertz CT molecular complexity index is 357. The average molecular weight is 348 g/mol. The van der Waals surface area contributed by atoms with E-state index in [1.807, 2.05) is 19.1 Å². The van der Waals surface area contributed by atoms with Gasteiger partial charge in [-0.05, 0) is 27.1 Å². The van der Waals surface area contributed by atoms with E-state index in [1.54, 1.807) is 6.07 Å². The Labute approximate surface area is 118 Å². The molecular weight excluding hydrogens is 327 g/mol. The second-order valence-electron chi connectivity index (χ2n) is 4.57. The van der Waals surface area contributed by atoms with Crippen molar-refractivity contribution >= 4 is 22.6 Å². The van der Waals surface area contributed by atoms with E-state index in [2.05, 4.69) is 46.5 Å². The number of phenols is 1. The van der Waals surface area contributed by atoms with Gasteiger partial charge in [0.2, 0.25) is 0 Å². The zero-order valence-electron chi connectivity index (χ0n) is 10.8. The van der Waals surface area contributed by atoms with Gasteiger partial charge in [-0.1, -0.05) is 40.3 Å². The second-order valence-corrected chi connectivity index (χ2v) is 5.25. The molecule has 0 amide bonds. The molecule has 0 saturated heterocycles. The summed E-state index contributed by atoms with van der Waals surface area (Å²) >= 11 is 2.36. The summed E-state index contributed by atoms with van der Waals surface area (Å²) in [6.07, 6.45) is 0. The molecule has 1 N–H and O–H groups in total. The minimum atomic E-state index is 0.393. The molecule has 0 aliphatic carbocycles. The first kappa shape index (κ1) is 14.7. The lowest BCUT2D eigenvalue weighted by Gasteiger charge is -2.21. The van der Waals surface area contributed by atoms with E-state index < -0.39 is 0 Å². The number of alkyl halides is 1. The molecule has 96 valence electrons. The van der Waals surface area contributed by atoms with Crippen molar-refractivity contribution in [2.45, 2.75) is 13.5 Å². The van der Waals surface area contributed by atoms with Gasteiger partial charge in [0, 0.05) is 25.2 Å². The molecule has 0 radical (unpaired) electrons. The van der Waals surface area contributed by atoms with Crippen molar-refractivity contribution in [1.82, 2.24) is 9.80 Å². The van der Waals surface area contributed by atoms with Crippen LogP contribution in [0.1, 0.15) is 11.1 Å². The van der Waals surface area contributed by atoms with E-state index in [9.17, 15) is 5.11 Å². The van der Waals surface area contributed by atoms with Crippen molar-refractivity contribution in [2.24, 2.45) is 0 Å². The van der Waals surface area contributed by atoms with Gasteiger partial charge >= 0.3 is 0 Å². The molecule has 1 aromatic rings. The van der Waals surface area contributed by atoms with Gasteiger partial charge in [0.1, 0.15) is 5.75 Å². The number of aryl methyl sites for hydroxylation is 1. The van der Waals surface area contributed by atoms with Gasteiger partial charge in [0.05, 0.1) is 4.55 Å². The molecule has 0 aromatic heterocycles. The lowest BCUT2D eigenvalue weighted by molar-refractivity contribution is 0.271. The summed E-state index contributed by atoms with van der Waals surface area (Å²) < 4.78 is 1.04. The Morgan fingerprint density at radius 3 is 2.47 bits per heavy atom. The number of aromatic hydroxyl groups is 1. The maximum absolute atomic E-state index is 9.77. The van der Waals surface area contributed by atoms with Crippen molar-refractivity contribution < 1.29 is 5.11 Å². The molecule has 0 aliphatic rings. The fourth-order valence-electron chi connectivity index (χ4n) is 1.61. The minimum Gasteiger partial charge on any atom is -0.508 e. The lowest BCUT2D eigenvalue weighted by atomic mass is 10.1. The molecule has 0 bridgehead atoms. The van der Waals surface area contributed by atoms with Gasteiger partial charge in [0.25, 0.3) is 0 Å². The van der Waals surface area contributed by atoms with Crippen molar-refractivity contribution in [3.05, 3.63) is 29.3 Å². The Morgan fingerprint density at radius 2 is 1.82 bits per heavy atom. The number of likely N-dealkylation sites (N-methyl/N-ethyl adjacent to an activating group) is 2. The minimum absolute atomic E-state index is 0.393. The quantitative estimate of drug-likeness (QED) is 0.486. The third-order valence-corrected chi connectivity index (χ3v) is 3.91. The van der Waals surface area contributed by atoms with Crippen LogP contribution in [0.25, 0.3) is 0 Å². The second kappa shape index (κ2) is 7.18. The van der Waals surface area contributed by atoms with Gasteiger partial charge in [-0.25, -0.2) is 0 Å². The Balaban J connectivity index is 2.50. The molecule has 0 spiro atoms. The highest BCUT2D eigenvalue weighted by molar-refractivity contribution is 14.1. The summed E-state index contributed by atoms with van der Waals surface area (Å²) in [4.78, 5) is 4.50. The van der Waals surface area contributed by atoms with E-state index in [1.165, 1.54) is 5.56 Å². The topological polar surface area (TPSA) is 26.7 Å². The van der Waals surface area contributed by atoms with E-state index in [0.717, 1.165) is 29.7 Å². The molecular formula is C13H21IN2O. The predicted octanol–water partition coefficient (Wildman–Crippen LogP) is 2.46. The highest BCUT2D eigenvalue weighted by Gasteiger charge is 2.06. The molecule has 17 heavy (non-hydrogen) atoms. The number of halogens is 1. The molecule has 1 aromatic carbocycles. The van der Waals surface area contributed by atoms with Gasteiger partial charge in [-0.3, -0.25) is 4.90 Å². The van der Waals surface area contributed by atoms with E-state index in [0.29, 0.717) is 5.75 Å². The van der Waals surface area contributed by atoms with Gasteiger partial charge in [-0.15, -0.1) is 0 Å². The summed E-state index contributed by atoms with van der Waals surface area (Å²) in [7, 11) is 4.20. The molecule has 0 saturated carbocycles. The molecule has 0 heterocycles. The molecule has 3 nitrogen and oxygen atoms in total. The largest absolute Gasteiger partial charge is 0.508 e. The Morgan fingerprint density at radius 1 is 1.18 bits per heavy atom. The molecule has 0 atom stereocenters. The molecule has 0 fully saturated rings. The van der Waals surface area contributed by atoms with Crippen LogP contribution in [0.4, 0.5) is 0 Å². The highest BCUT2D eigenvalue weighted by atomic mass is 127. The van der Waals surface area contributed by atoms with Crippen LogP contribution in [0.5, 0.6) is 5.75 Å². The molecule has 0 aliphatic heterocycles. The summed E-state index contributed by atoms with van der Waals surface area (Å²) in [5.74, 6) is 0.393. The smallest absolute Gasteiger partial charge is 0.120 e. The number of rotatable bonds is 6. The normalized spacial score (nSPS) is 11.4. The fraction of sp³-hybridized carbons (Fsp3) is 0.538. The number of phenolic OH excluding ortho intramolecular Hbond substituents is 1. The Kier molecular flexibility index (Phi) is 6.22. The van der Waals surface area contributed by atoms with Crippen LogP contribution in [0, 0.1) is 6.92 Å². The maximum Gasteiger partial charge on any atom is 0.120 e. The van der Waals surface area contributed by atoms with Gasteiger partial charge in [0.15, 0.2) is 0 Å². The van der Waals surface area contributed by atoms with Crippen LogP contribution in [0.2, 0.25) is 0 Å². The standard InChI is InChI=1S/C13H21IN2O/c1-11-4-5-13(17)12(8-11)9-15(2)6-7-16(3)10-14/h4-5,8,17H,6-7,9-10H2,1-3H3.